The van der Waals surface area contributed by atoms with Gasteiger partial charge in [-0.1, -0.05) is 80.2 Å². The maximum atomic E-state index is 12.5. The van der Waals surface area contributed by atoms with E-state index in [1.54, 1.807) is 11.0 Å². The summed E-state index contributed by atoms with van der Waals surface area (Å²) >= 11 is 2.68. The first-order valence-corrected chi connectivity index (χ1v) is 11.0. The Morgan fingerprint density at radius 1 is 1.14 bits per heavy atom. The van der Waals surface area contributed by atoms with Crippen LogP contribution in [0.2, 0.25) is 0 Å². The minimum Gasteiger partial charge on any atom is -0.283 e. The summed E-state index contributed by atoms with van der Waals surface area (Å²) in [6.07, 6.45) is 1.73. The first-order chi connectivity index (χ1) is 14.0. The van der Waals surface area contributed by atoms with E-state index in [9.17, 15) is 4.79 Å². The van der Waals surface area contributed by atoms with Gasteiger partial charge in [0.15, 0.2) is 5.17 Å². The lowest BCUT2D eigenvalue weighted by Gasteiger charge is -2.24. The highest BCUT2D eigenvalue weighted by Crippen LogP contribution is 2.33. The summed E-state index contributed by atoms with van der Waals surface area (Å²) in [5.74, 6) is 0.907. The van der Waals surface area contributed by atoms with E-state index in [-0.39, 0.29) is 11.4 Å². The molecule has 0 radical (unpaired) electrons. The highest BCUT2D eigenvalue weighted by Gasteiger charge is 2.37. The number of amides is 1. The number of nitrogens with zero attached hydrogens (tertiary/aromatic N) is 3. The first kappa shape index (κ1) is 19.7. The Labute approximate surface area is 178 Å². The third kappa shape index (κ3) is 4.21. The Kier molecular flexibility index (Phi) is 5.69. The molecule has 0 aromatic heterocycles. The molecule has 4 rings (SSSR count). The third-order valence-corrected chi connectivity index (χ3v) is 6.45. The van der Waals surface area contributed by atoms with Crippen molar-refractivity contribution in [2.24, 2.45) is 9.39 Å². The normalized spacial score (nSPS) is 17.6. The molecule has 0 unspecified atom stereocenters. The molecule has 2 aromatic carbocycles. The molecule has 0 fully saturated rings. The number of nitrogens with one attached hydrogen (secondary N) is 1. The van der Waals surface area contributed by atoms with Crippen molar-refractivity contribution in [2.45, 2.75) is 25.5 Å². The Morgan fingerprint density at radius 2 is 1.86 bits per heavy atom. The van der Waals surface area contributed by atoms with E-state index in [0.29, 0.717) is 16.3 Å². The van der Waals surface area contributed by atoms with Crippen molar-refractivity contribution in [3.05, 3.63) is 76.9 Å². The number of rotatable bonds is 4. The lowest BCUT2D eigenvalue weighted by atomic mass is 10.0. The van der Waals surface area contributed by atoms with Crippen LogP contribution in [-0.2, 0) is 10.5 Å². The molecular weight excluding hydrogens is 400 g/mol. The molecule has 0 bridgehead atoms. The number of amidine groups is 3. The number of carbonyl (C=O) groups is 1. The van der Waals surface area contributed by atoms with E-state index in [0.717, 1.165) is 23.3 Å². The van der Waals surface area contributed by atoms with Gasteiger partial charge in [0.05, 0.1) is 17.5 Å². The minimum atomic E-state index is -0.397. The average Bonchev–Trinajstić information content (AvgIpc) is 3.13. The number of thioether (sulfide) groups is 1. The molecular formula is C22H20N4OS2. The predicted octanol–water partition coefficient (Wildman–Crippen LogP) is 5.32. The fraction of sp³-hybridized carbons (Fsp3) is 0.182. The highest BCUT2D eigenvalue weighted by atomic mass is 32.2. The summed E-state index contributed by atoms with van der Waals surface area (Å²) in [5, 5.41) is 9.75. The predicted molar refractivity (Wildman–Crippen MR) is 123 cm³/mol. The monoisotopic (exact) mass is 420 g/mol. The highest BCUT2D eigenvalue weighted by molar-refractivity contribution is 8.18. The molecule has 2 aliphatic heterocycles. The molecule has 1 amide bonds. The third-order valence-electron chi connectivity index (χ3n) is 4.62. The second kappa shape index (κ2) is 8.39. The van der Waals surface area contributed by atoms with Crippen molar-refractivity contribution in [1.29, 1.82) is 5.41 Å². The van der Waals surface area contributed by atoms with E-state index in [2.05, 4.69) is 47.5 Å². The van der Waals surface area contributed by atoms with Gasteiger partial charge in [0.25, 0.3) is 5.91 Å². The lowest BCUT2D eigenvalue weighted by molar-refractivity contribution is -0.114. The zero-order chi connectivity index (χ0) is 20.4. The van der Waals surface area contributed by atoms with Crippen LogP contribution in [0.4, 0.5) is 0 Å². The van der Waals surface area contributed by atoms with E-state index < -0.39 is 5.91 Å². The zero-order valence-corrected chi connectivity index (χ0v) is 17.8. The topological polar surface area (TPSA) is 68.9 Å². The lowest BCUT2D eigenvalue weighted by Crippen LogP contribution is -2.41. The van der Waals surface area contributed by atoms with E-state index >= 15 is 0 Å². The van der Waals surface area contributed by atoms with E-state index in [4.69, 9.17) is 5.41 Å². The number of fused-ring (bicyclic) bond motifs is 1. The second-order valence-electron chi connectivity index (χ2n) is 7.00. The van der Waals surface area contributed by atoms with Crippen LogP contribution in [0.5, 0.6) is 0 Å². The molecule has 0 atom stereocenters. The van der Waals surface area contributed by atoms with Crippen molar-refractivity contribution in [3.8, 4) is 0 Å². The van der Waals surface area contributed by atoms with E-state index in [1.165, 1.54) is 22.9 Å². The van der Waals surface area contributed by atoms with Crippen molar-refractivity contribution in [2.75, 3.05) is 0 Å². The van der Waals surface area contributed by atoms with Gasteiger partial charge in [-0.05, 0) is 28.7 Å². The first-order valence-electron chi connectivity index (χ1n) is 9.28. The molecule has 2 aromatic rings. The summed E-state index contributed by atoms with van der Waals surface area (Å²) in [6, 6.07) is 18.2. The maximum absolute atomic E-state index is 12.5. The Bertz CT molecular complexity index is 1040. The van der Waals surface area contributed by atoms with Gasteiger partial charge in [-0.15, -0.1) is 0 Å². The molecule has 0 aliphatic carbocycles. The SMILES string of the molecule is CC(C)c1ccc(/C=C2/C(=N)N3C(SCc4ccccc4)=NSC3=NC2=O)cc1. The summed E-state index contributed by atoms with van der Waals surface area (Å²) in [6.45, 7) is 4.28. The van der Waals surface area contributed by atoms with Crippen LogP contribution < -0.4 is 0 Å². The molecule has 1 N–H and O–H groups in total. The van der Waals surface area contributed by atoms with Crippen LogP contribution in [0.1, 0.15) is 36.5 Å². The Morgan fingerprint density at radius 3 is 2.55 bits per heavy atom. The van der Waals surface area contributed by atoms with Crippen LogP contribution in [-0.4, -0.2) is 27.0 Å². The Balaban J connectivity index is 1.55. The fourth-order valence-corrected chi connectivity index (χ4v) is 4.76. The van der Waals surface area contributed by atoms with Crippen LogP contribution in [0.25, 0.3) is 6.08 Å². The number of carbonyl (C=O) groups excluding carboxylic acids is 1. The van der Waals surface area contributed by atoms with Crippen molar-refractivity contribution >= 4 is 51.9 Å². The summed E-state index contributed by atoms with van der Waals surface area (Å²) in [7, 11) is 0. The van der Waals surface area contributed by atoms with Gasteiger partial charge < -0.3 is 0 Å². The maximum Gasteiger partial charge on any atom is 0.283 e. The van der Waals surface area contributed by atoms with Crippen molar-refractivity contribution in [1.82, 2.24) is 4.90 Å². The molecule has 0 spiro atoms. The van der Waals surface area contributed by atoms with Crippen LogP contribution in [0.3, 0.4) is 0 Å². The van der Waals surface area contributed by atoms with Crippen LogP contribution >= 0.6 is 23.7 Å². The number of benzene rings is 2. The molecule has 2 heterocycles. The smallest absolute Gasteiger partial charge is 0.283 e. The second-order valence-corrected chi connectivity index (χ2v) is 8.68. The van der Waals surface area contributed by atoms with Gasteiger partial charge in [0.1, 0.15) is 5.84 Å². The average molecular weight is 421 g/mol. The van der Waals surface area contributed by atoms with Crippen LogP contribution in [0.15, 0.2) is 69.6 Å². The van der Waals surface area contributed by atoms with Gasteiger partial charge >= 0.3 is 0 Å². The summed E-state index contributed by atoms with van der Waals surface area (Å²) in [5.41, 5.74) is 3.57. The molecule has 2 aliphatic rings. The van der Waals surface area contributed by atoms with Crippen LogP contribution in [0, 0.1) is 5.41 Å². The summed E-state index contributed by atoms with van der Waals surface area (Å²) < 4.78 is 4.42. The van der Waals surface area contributed by atoms with Gasteiger partial charge in [-0.3, -0.25) is 10.2 Å². The van der Waals surface area contributed by atoms with Gasteiger partial charge in [-0.25, -0.2) is 4.90 Å². The van der Waals surface area contributed by atoms with Gasteiger partial charge in [-0.2, -0.15) is 9.39 Å². The molecule has 29 heavy (non-hydrogen) atoms. The molecule has 146 valence electrons. The number of hydrogen-bond donors (Lipinski definition) is 1. The van der Waals surface area contributed by atoms with Crippen molar-refractivity contribution < 1.29 is 4.79 Å². The molecule has 0 saturated heterocycles. The van der Waals surface area contributed by atoms with Gasteiger partial charge in [0.2, 0.25) is 5.17 Å². The summed E-state index contributed by atoms with van der Waals surface area (Å²) in [4.78, 5) is 18.3. The Hall–Kier alpha value is -2.64. The van der Waals surface area contributed by atoms with Crippen molar-refractivity contribution in [3.63, 3.8) is 0 Å². The quantitative estimate of drug-likeness (QED) is 0.537. The standard InChI is InChI=1S/C22H20N4OS2/c1-14(2)17-10-8-15(9-11-17)12-18-19(23)26-21(24-20(18)27)29-25-22(26)28-13-16-6-4-3-5-7-16/h3-12,14,23H,13H2,1-2H3/b18-12-,23-19?. The molecule has 0 saturated carbocycles. The van der Waals surface area contributed by atoms with Gasteiger partial charge in [0, 0.05) is 5.75 Å². The number of aliphatic imine (C=N–C) groups is 1. The number of hydrogen-bond acceptors (Lipinski definition) is 5. The van der Waals surface area contributed by atoms with E-state index in [1.807, 2.05) is 30.3 Å². The fourth-order valence-electron chi connectivity index (χ4n) is 2.96. The minimum absolute atomic E-state index is 0.122. The molecule has 5 nitrogen and oxygen atoms in total. The molecule has 7 heteroatoms. The largest absolute Gasteiger partial charge is 0.283 e. The zero-order valence-electron chi connectivity index (χ0n) is 16.1.